The SMILES string of the molecule is CC1C[C@@H](C(F)(F)F)CN(C(C)(C)C)C1=O. The van der Waals surface area contributed by atoms with Gasteiger partial charge in [0, 0.05) is 18.0 Å². The molecule has 1 aliphatic heterocycles. The maximum atomic E-state index is 12.7. The molecule has 1 rings (SSSR count). The molecule has 0 saturated carbocycles. The van der Waals surface area contributed by atoms with E-state index in [-0.39, 0.29) is 18.9 Å². The lowest BCUT2D eigenvalue weighted by molar-refractivity contribution is -0.198. The van der Waals surface area contributed by atoms with Gasteiger partial charge in [-0.1, -0.05) is 6.92 Å². The molecule has 1 aliphatic rings. The van der Waals surface area contributed by atoms with Gasteiger partial charge < -0.3 is 4.90 Å². The maximum absolute atomic E-state index is 12.7. The van der Waals surface area contributed by atoms with Crippen LogP contribution in [0.1, 0.15) is 34.1 Å². The second-order valence-electron chi connectivity index (χ2n) is 5.49. The number of rotatable bonds is 0. The van der Waals surface area contributed by atoms with Crippen molar-refractivity contribution in [1.82, 2.24) is 4.90 Å². The Kier molecular flexibility index (Phi) is 3.27. The van der Waals surface area contributed by atoms with Crippen LogP contribution < -0.4 is 0 Å². The van der Waals surface area contributed by atoms with Crippen molar-refractivity contribution < 1.29 is 18.0 Å². The van der Waals surface area contributed by atoms with Crippen molar-refractivity contribution in [1.29, 1.82) is 0 Å². The number of carbonyl (C=O) groups is 1. The molecule has 0 radical (unpaired) electrons. The molecule has 1 fully saturated rings. The van der Waals surface area contributed by atoms with Gasteiger partial charge in [-0.3, -0.25) is 4.79 Å². The summed E-state index contributed by atoms with van der Waals surface area (Å²) in [6.45, 7) is 6.64. The highest BCUT2D eigenvalue weighted by Gasteiger charge is 2.48. The molecule has 0 aliphatic carbocycles. The molecular formula is C11H18F3NO. The highest BCUT2D eigenvalue weighted by atomic mass is 19.4. The molecule has 1 saturated heterocycles. The van der Waals surface area contributed by atoms with Crippen LogP contribution in [0.3, 0.4) is 0 Å². The second kappa shape index (κ2) is 3.93. The van der Waals surface area contributed by atoms with Crippen LogP contribution in [0.2, 0.25) is 0 Å². The van der Waals surface area contributed by atoms with Gasteiger partial charge in [0.25, 0.3) is 0 Å². The molecule has 1 heterocycles. The van der Waals surface area contributed by atoms with Gasteiger partial charge in [-0.25, -0.2) is 0 Å². The standard InChI is InChI=1S/C11H18F3NO/c1-7-5-8(11(12,13)14)6-15(9(7)16)10(2,3)4/h7-8H,5-6H2,1-4H3/t7?,8-/m1/s1. The Bertz CT molecular complexity index is 280. The van der Waals surface area contributed by atoms with Crippen LogP contribution in [0.4, 0.5) is 13.2 Å². The van der Waals surface area contributed by atoms with Crippen LogP contribution in [-0.4, -0.2) is 29.1 Å². The van der Waals surface area contributed by atoms with Crippen LogP contribution in [0, 0.1) is 11.8 Å². The molecule has 0 aromatic rings. The summed E-state index contributed by atoms with van der Waals surface area (Å²) >= 11 is 0. The topological polar surface area (TPSA) is 20.3 Å². The number of alkyl halides is 3. The normalized spacial score (nSPS) is 28.4. The number of carbonyl (C=O) groups excluding carboxylic acids is 1. The van der Waals surface area contributed by atoms with Crippen LogP contribution >= 0.6 is 0 Å². The van der Waals surface area contributed by atoms with Crippen LogP contribution in [0.25, 0.3) is 0 Å². The van der Waals surface area contributed by atoms with E-state index in [1.54, 1.807) is 27.7 Å². The second-order valence-corrected chi connectivity index (χ2v) is 5.49. The lowest BCUT2D eigenvalue weighted by Crippen LogP contribution is -2.55. The summed E-state index contributed by atoms with van der Waals surface area (Å²) in [6.07, 6.45) is -4.30. The van der Waals surface area contributed by atoms with Gasteiger partial charge in [-0.2, -0.15) is 13.2 Å². The highest BCUT2D eigenvalue weighted by molar-refractivity contribution is 5.80. The summed E-state index contributed by atoms with van der Waals surface area (Å²) in [5.41, 5.74) is -0.546. The Morgan fingerprint density at radius 3 is 2.12 bits per heavy atom. The van der Waals surface area contributed by atoms with Gasteiger partial charge in [-0.05, 0) is 27.2 Å². The Labute approximate surface area is 93.8 Å². The minimum absolute atomic E-state index is 0.0884. The fourth-order valence-electron chi connectivity index (χ4n) is 2.02. The van der Waals surface area contributed by atoms with Crippen LogP contribution in [-0.2, 0) is 4.79 Å². The lowest BCUT2D eigenvalue weighted by Gasteiger charge is -2.44. The summed E-state index contributed by atoms with van der Waals surface area (Å²) in [4.78, 5) is 13.1. The fourth-order valence-corrected chi connectivity index (χ4v) is 2.02. The Balaban J connectivity index is 2.90. The zero-order valence-corrected chi connectivity index (χ0v) is 10.1. The number of hydrogen-bond acceptors (Lipinski definition) is 1. The summed E-state index contributed by atoms with van der Waals surface area (Å²) in [7, 11) is 0. The quantitative estimate of drug-likeness (QED) is 0.634. The molecule has 16 heavy (non-hydrogen) atoms. The van der Waals surface area contributed by atoms with E-state index in [0.29, 0.717) is 0 Å². The molecule has 1 amide bonds. The van der Waals surface area contributed by atoms with Crippen LogP contribution in [0.15, 0.2) is 0 Å². The monoisotopic (exact) mass is 237 g/mol. The number of hydrogen-bond donors (Lipinski definition) is 0. The summed E-state index contributed by atoms with van der Waals surface area (Å²) in [5, 5.41) is 0. The smallest absolute Gasteiger partial charge is 0.337 e. The molecule has 0 spiro atoms. The van der Waals surface area contributed by atoms with E-state index in [1.165, 1.54) is 4.90 Å². The molecule has 0 aromatic heterocycles. The largest absolute Gasteiger partial charge is 0.393 e. The van der Waals surface area contributed by atoms with Crippen molar-refractivity contribution in [2.75, 3.05) is 6.54 Å². The average Bonchev–Trinajstić information content (AvgIpc) is 2.05. The third kappa shape index (κ3) is 2.68. The van der Waals surface area contributed by atoms with Crippen molar-refractivity contribution in [3.05, 3.63) is 0 Å². The minimum Gasteiger partial charge on any atom is -0.337 e. The van der Waals surface area contributed by atoms with Crippen molar-refractivity contribution in [3.8, 4) is 0 Å². The van der Waals surface area contributed by atoms with E-state index >= 15 is 0 Å². The third-order valence-electron chi connectivity index (χ3n) is 3.00. The maximum Gasteiger partial charge on any atom is 0.393 e. The summed E-state index contributed by atoms with van der Waals surface area (Å²) < 4.78 is 38.0. The van der Waals surface area contributed by atoms with Crippen molar-refractivity contribution in [2.45, 2.75) is 45.8 Å². The van der Waals surface area contributed by atoms with Gasteiger partial charge in [-0.15, -0.1) is 0 Å². The van der Waals surface area contributed by atoms with Crippen molar-refractivity contribution >= 4 is 5.91 Å². The van der Waals surface area contributed by atoms with Crippen LogP contribution in [0.5, 0.6) is 0 Å². The highest BCUT2D eigenvalue weighted by Crippen LogP contribution is 2.37. The van der Waals surface area contributed by atoms with E-state index in [1.807, 2.05) is 0 Å². The van der Waals surface area contributed by atoms with E-state index in [0.717, 1.165) is 0 Å². The summed E-state index contributed by atoms with van der Waals surface area (Å²) in [6, 6.07) is 0. The Hall–Kier alpha value is -0.740. The number of nitrogens with zero attached hydrogens (tertiary/aromatic N) is 1. The predicted octanol–water partition coefficient (Wildman–Crippen LogP) is 2.83. The fraction of sp³-hybridized carbons (Fsp3) is 0.909. The van der Waals surface area contributed by atoms with Gasteiger partial charge >= 0.3 is 6.18 Å². The predicted molar refractivity (Wildman–Crippen MR) is 54.8 cm³/mol. The van der Waals surface area contributed by atoms with E-state index in [4.69, 9.17) is 0 Å². The first kappa shape index (κ1) is 13.3. The molecule has 5 heteroatoms. The first-order valence-electron chi connectivity index (χ1n) is 5.41. The molecule has 94 valence electrons. The summed E-state index contributed by atoms with van der Waals surface area (Å²) in [5.74, 6) is -2.10. The van der Waals surface area contributed by atoms with Gasteiger partial charge in [0.05, 0.1) is 5.92 Å². The van der Waals surface area contributed by atoms with Crippen molar-refractivity contribution in [2.24, 2.45) is 11.8 Å². The van der Waals surface area contributed by atoms with E-state index in [2.05, 4.69) is 0 Å². The van der Waals surface area contributed by atoms with E-state index < -0.39 is 23.6 Å². The number of likely N-dealkylation sites (tertiary alicyclic amines) is 1. The first-order valence-corrected chi connectivity index (χ1v) is 5.41. The Morgan fingerprint density at radius 1 is 1.25 bits per heavy atom. The lowest BCUT2D eigenvalue weighted by atomic mass is 9.86. The Morgan fingerprint density at radius 2 is 1.75 bits per heavy atom. The first-order chi connectivity index (χ1) is 7.03. The third-order valence-corrected chi connectivity index (χ3v) is 3.00. The molecule has 2 atom stereocenters. The molecule has 1 unspecified atom stereocenters. The molecule has 0 N–H and O–H groups in total. The minimum atomic E-state index is -4.21. The zero-order valence-electron chi connectivity index (χ0n) is 10.1. The molecule has 0 aromatic carbocycles. The number of piperidine rings is 1. The zero-order chi connectivity index (χ0) is 12.7. The molecular weight excluding hydrogens is 219 g/mol. The average molecular weight is 237 g/mol. The van der Waals surface area contributed by atoms with E-state index in [9.17, 15) is 18.0 Å². The number of halogens is 3. The molecule has 0 bridgehead atoms. The van der Waals surface area contributed by atoms with Gasteiger partial charge in [0.1, 0.15) is 0 Å². The van der Waals surface area contributed by atoms with Gasteiger partial charge in [0.2, 0.25) is 5.91 Å². The molecule has 2 nitrogen and oxygen atoms in total. The van der Waals surface area contributed by atoms with Gasteiger partial charge in [0.15, 0.2) is 0 Å². The van der Waals surface area contributed by atoms with Crippen molar-refractivity contribution in [3.63, 3.8) is 0 Å². The number of amides is 1.